The molecule has 0 aromatic carbocycles. The van der Waals surface area contributed by atoms with Crippen molar-refractivity contribution in [1.82, 2.24) is 10.8 Å². The van der Waals surface area contributed by atoms with Gasteiger partial charge in [-0.15, -0.1) is 4.99 Å². The first-order chi connectivity index (χ1) is 7.38. The second-order valence-electron chi connectivity index (χ2n) is 3.33. The van der Waals surface area contributed by atoms with Crippen molar-refractivity contribution >= 4 is 16.3 Å². The molecule has 0 bridgehead atoms. The molecule has 0 aliphatic carbocycles. The Morgan fingerprint density at radius 2 is 2.19 bits per heavy atom. The predicted octanol–water partition coefficient (Wildman–Crippen LogP) is -2.15. The summed E-state index contributed by atoms with van der Waals surface area (Å²) in [5, 5.41) is 2.83. The molecular weight excluding hydrogens is 242 g/mol. The van der Waals surface area contributed by atoms with E-state index in [1.54, 1.807) is 0 Å². The zero-order valence-electron chi connectivity index (χ0n) is 8.25. The number of amides is 1. The van der Waals surface area contributed by atoms with Crippen LogP contribution in [0.1, 0.15) is 12.8 Å². The minimum atomic E-state index is -4.63. The van der Waals surface area contributed by atoms with Gasteiger partial charge in [0.25, 0.3) is 0 Å². The maximum atomic E-state index is 10.8. The first-order valence-corrected chi connectivity index (χ1v) is 5.86. The molecule has 1 saturated heterocycles. The molecule has 1 heterocycles. The summed E-state index contributed by atoms with van der Waals surface area (Å²) in [6.07, 6.45) is 1.05. The second kappa shape index (κ2) is 5.52. The van der Waals surface area contributed by atoms with Crippen molar-refractivity contribution in [1.29, 1.82) is 0 Å². The SMILES string of the molecule is NC(=O)[C@@H]1CC[C@@H](NOOS(=O)(=O)O)CN1. The molecule has 0 aromatic heterocycles. The van der Waals surface area contributed by atoms with Crippen LogP contribution >= 0.6 is 0 Å². The maximum Gasteiger partial charge on any atom is 0.425 e. The number of hydrogen-bond acceptors (Lipinski definition) is 7. The van der Waals surface area contributed by atoms with Crippen molar-refractivity contribution in [3.8, 4) is 0 Å². The summed E-state index contributed by atoms with van der Waals surface area (Å²) in [7, 11) is -4.63. The normalized spacial score (nSPS) is 26.6. The van der Waals surface area contributed by atoms with Crippen molar-refractivity contribution in [2.24, 2.45) is 5.73 Å². The molecule has 0 spiro atoms. The lowest BCUT2D eigenvalue weighted by atomic mass is 10.0. The van der Waals surface area contributed by atoms with E-state index < -0.39 is 16.3 Å². The molecule has 1 rings (SSSR count). The Morgan fingerprint density at radius 3 is 2.62 bits per heavy atom. The largest absolute Gasteiger partial charge is 0.425 e. The number of carbonyl (C=O) groups excluding carboxylic acids is 1. The van der Waals surface area contributed by atoms with Crippen molar-refractivity contribution in [3.05, 3.63) is 0 Å². The number of hydroxylamine groups is 1. The molecule has 10 heteroatoms. The first-order valence-electron chi connectivity index (χ1n) is 4.49. The van der Waals surface area contributed by atoms with Crippen LogP contribution in [0.25, 0.3) is 0 Å². The van der Waals surface area contributed by atoms with Crippen LogP contribution in [0.3, 0.4) is 0 Å². The number of carbonyl (C=O) groups is 1. The van der Waals surface area contributed by atoms with Gasteiger partial charge in [0.05, 0.1) is 6.04 Å². The van der Waals surface area contributed by atoms with Crippen LogP contribution < -0.4 is 16.5 Å². The average molecular weight is 255 g/mol. The summed E-state index contributed by atoms with van der Waals surface area (Å²) < 4.78 is 32.0. The molecule has 94 valence electrons. The molecule has 0 radical (unpaired) electrons. The second-order valence-corrected chi connectivity index (χ2v) is 4.33. The Balaban J connectivity index is 2.20. The third kappa shape index (κ3) is 4.83. The lowest BCUT2D eigenvalue weighted by molar-refractivity contribution is -0.268. The van der Waals surface area contributed by atoms with Gasteiger partial charge in [-0.1, -0.05) is 4.33 Å². The Hall–Kier alpha value is -0.780. The molecule has 1 amide bonds. The Morgan fingerprint density at radius 1 is 1.50 bits per heavy atom. The Bertz CT molecular complexity index is 336. The van der Waals surface area contributed by atoms with E-state index in [2.05, 4.69) is 20.1 Å². The fraction of sp³-hybridized carbons (Fsp3) is 0.833. The van der Waals surface area contributed by atoms with Crippen molar-refractivity contribution in [2.45, 2.75) is 24.9 Å². The summed E-state index contributed by atoms with van der Waals surface area (Å²) in [6.45, 7) is 0.364. The lowest BCUT2D eigenvalue weighted by Crippen LogP contribution is -2.52. The monoisotopic (exact) mass is 255 g/mol. The van der Waals surface area contributed by atoms with Crippen LogP contribution in [0.2, 0.25) is 0 Å². The zero-order valence-corrected chi connectivity index (χ0v) is 9.07. The molecule has 0 unspecified atom stereocenters. The smallest absolute Gasteiger partial charge is 0.368 e. The topological polar surface area (TPSA) is 140 Å². The highest BCUT2D eigenvalue weighted by Crippen LogP contribution is 2.07. The number of piperidine rings is 1. The minimum absolute atomic E-state index is 0.239. The fourth-order valence-corrected chi connectivity index (χ4v) is 1.46. The molecule has 9 nitrogen and oxygen atoms in total. The summed E-state index contributed by atoms with van der Waals surface area (Å²) >= 11 is 0. The van der Waals surface area contributed by atoms with Crippen LogP contribution in [0, 0.1) is 0 Å². The van der Waals surface area contributed by atoms with Gasteiger partial charge in [0.15, 0.2) is 0 Å². The lowest BCUT2D eigenvalue weighted by Gasteiger charge is -2.27. The summed E-state index contributed by atoms with van der Waals surface area (Å²) in [4.78, 5) is 14.9. The number of hydrogen-bond donors (Lipinski definition) is 4. The van der Waals surface area contributed by atoms with Crippen LogP contribution in [0.5, 0.6) is 0 Å². The van der Waals surface area contributed by atoms with Crippen molar-refractivity contribution in [3.63, 3.8) is 0 Å². The highest BCUT2D eigenvalue weighted by atomic mass is 32.3. The van der Waals surface area contributed by atoms with E-state index in [0.29, 0.717) is 19.4 Å². The van der Waals surface area contributed by atoms with Gasteiger partial charge in [-0.2, -0.15) is 13.9 Å². The van der Waals surface area contributed by atoms with E-state index in [-0.39, 0.29) is 12.1 Å². The fourth-order valence-electron chi connectivity index (χ4n) is 1.33. The van der Waals surface area contributed by atoms with E-state index >= 15 is 0 Å². The summed E-state index contributed by atoms with van der Waals surface area (Å²) in [5.74, 6) is -0.437. The standard InChI is InChI=1S/C6H13N3O6S/c7-6(10)5-2-1-4(3-8-5)9-14-15-16(11,12)13/h4-5,8-9H,1-3H2,(H2,7,10)(H,11,12,13)/t4-,5+/m1/s1. The molecule has 2 atom stereocenters. The molecule has 0 saturated carbocycles. The Labute approximate surface area is 92.1 Å². The molecule has 0 aromatic rings. The van der Waals surface area contributed by atoms with Crippen molar-refractivity contribution < 1.29 is 27.1 Å². The highest BCUT2D eigenvalue weighted by Gasteiger charge is 2.24. The molecule has 1 aliphatic heterocycles. The quantitative estimate of drug-likeness (QED) is 0.247. The van der Waals surface area contributed by atoms with Crippen molar-refractivity contribution in [2.75, 3.05) is 6.54 Å². The summed E-state index contributed by atoms with van der Waals surface area (Å²) in [5.41, 5.74) is 7.34. The average Bonchev–Trinajstić information content (AvgIpc) is 2.16. The van der Waals surface area contributed by atoms with Crippen LogP contribution in [-0.2, 0) is 24.5 Å². The Kier molecular flexibility index (Phi) is 4.58. The third-order valence-electron chi connectivity index (χ3n) is 2.09. The summed E-state index contributed by atoms with van der Waals surface area (Å²) in [6, 6.07) is -0.627. The van der Waals surface area contributed by atoms with Gasteiger partial charge in [0.2, 0.25) is 5.91 Å². The number of primary amides is 1. The molecule has 5 N–H and O–H groups in total. The van der Waals surface area contributed by atoms with Gasteiger partial charge in [0.1, 0.15) is 0 Å². The third-order valence-corrected chi connectivity index (χ3v) is 2.33. The van der Waals surface area contributed by atoms with E-state index in [1.165, 1.54) is 0 Å². The van der Waals surface area contributed by atoms with E-state index in [9.17, 15) is 13.2 Å². The maximum absolute atomic E-state index is 10.8. The van der Waals surface area contributed by atoms with Gasteiger partial charge in [0, 0.05) is 12.6 Å². The number of nitrogens with two attached hydrogens (primary N) is 1. The van der Waals surface area contributed by atoms with Gasteiger partial charge < -0.3 is 11.1 Å². The number of nitrogens with one attached hydrogen (secondary N) is 2. The van der Waals surface area contributed by atoms with Gasteiger partial charge in [-0.25, -0.2) is 0 Å². The van der Waals surface area contributed by atoms with Gasteiger partial charge >= 0.3 is 10.4 Å². The van der Waals surface area contributed by atoms with E-state index in [1.807, 2.05) is 0 Å². The number of rotatable bonds is 5. The van der Waals surface area contributed by atoms with Gasteiger partial charge in [-0.05, 0) is 12.8 Å². The predicted molar refractivity (Wildman–Crippen MR) is 50.9 cm³/mol. The molecule has 1 aliphatic rings. The van der Waals surface area contributed by atoms with Crippen LogP contribution in [0.4, 0.5) is 0 Å². The van der Waals surface area contributed by atoms with E-state index in [0.717, 1.165) is 0 Å². The zero-order chi connectivity index (χ0) is 12.2. The highest BCUT2D eigenvalue weighted by molar-refractivity contribution is 7.80. The van der Waals surface area contributed by atoms with Gasteiger partial charge in [-0.3, -0.25) is 9.35 Å². The van der Waals surface area contributed by atoms with E-state index in [4.69, 9.17) is 10.3 Å². The molecule has 1 fully saturated rings. The molecule has 16 heavy (non-hydrogen) atoms. The first kappa shape index (κ1) is 13.3. The van der Waals surface area contributed by atoms with Crippen LogP contribution in [0.15, 0.2) is 0 Å². The molecular formula is C6H13N3O6S. The van der Waals surface area contributed by atoms with Crippen LogP contribution in [-0.4, -0.2) is 37.5 Å². The minimum Gasteiger partial charge on any atom is -0.368 e.